The van der Waals surface area contributed by atoms with E-state index in [9.17, 15) is 5.11 Å². The molecule has 0 saturated carbocycles. The molecule has 1 aliphatic rings. The minimum atomic E-state index is 0.0609. The van der Waals surface area contributed by atoms with E-state index >= 15 is 0 Å². The molecule has 110 valence electrons. The lowest BCUT2D eigenvalue weighted by atomic mass is 9.91. The summed E-state index contributed by atoms with van der Waals surface area (Å²) in [6, 6.07) is 9.44. The number of hydrogen-bond donors (Lipinski definition) is 0. The zero-order valence-electron chi connectivity index (χ0n) is 13.1. The smallest absolute Gasteiger partial charge is 0.197 e. The summed E-state index contributed by atoms with van der Waals surface area (Å²) in [5, 5.41) is 12.8. The highest BCUT2D eigenvalue weighted by molar-refractivity contribution is 5.80. The van der Waals surface area contributed by atoms with Crippen LogP contribution in [-0.4, -0.2) is 16.8 Å². The molecule has 21 heavy (non-hydrogen) atoms. The summed E-state index contributed by atoms with van der Waals surface area (Å²) in [6.07, 6.45) is 6.41. The van der Waals surface area contributed by atoms with Crippen molar-refractivity contribution in [2.24, 2.45) is 5.41 Å². The van der Waals surface area contributed by atoms with Gasteiger partial charge in [0.15, 0.2) is 18.0 Å². The van der Waals surface area contributed by atoms with Crippen molar-refractivity contribution >= 4 is 11.5 Å². The first-order valence-corrected chi connectivity index (χ1v) is 7.30. The van der Waals surface area contributed by atoms with Gasteiger partial charge in [-0.05, 0) is 11.3 Å². The van der Waals surface area contributed by atoms with Crippen LogP contribution in [0, 0.1) is 5.41 Å². The van der Waals surface area contributed by atoms with Crippen molar-refractivity contribution in [3.63, 3.8) is 0 Å². The van der Waals surface area contributed by atoms with Crippen LogP contribution in [0.5, 0.6) is 0 Å². The van der Waals surface area contributed by atoms with Crippen LogP contribution in [0.25, 0.3) is 5.76 Å². The molecular weight excluding hydrogens is 258 g/mol. The third-order valence-corrected chi connectivity index (χ3v) is 3.73. The van der Waals surface area contributed by atoms with Crippen LogP contribution >= 0.6 is 0 Å². The van der Waals surface area contributed by atoms with E-state index in [1.165, 1.54) is 5.71 Å². The van der Waals surface area contributed by atoms with Gasteiger partial charge in [0.1, 0.15) is 0 Å². The maximum Gasteiger partial charge on any atom is 0.197 e. The van der Waals surface area contributed by atoms with Gasteiger partial charge < -0.3 is 5.11 Å². The fraction of sp³-hybridized carbons (Fsp3) is 0.316. The fourth-order valence-corrected chi connectivity index (χ4v) is 2.88. The summed E-state index contributed by atoms with van der Waals surface area (Å²) in [5.74, 6) is 0.0609. The van der Waals surface area contributed by atoms with Gasteiger partial charge in [-0.25, -0.2) is 4.58 Å². The first-order valence-electron chi connectivity index (χ1n) is 7.30. The van der Waals surface area contributed by atoms with Crippen molar-refractivity contribution in [3.05, 3.63) is 66.4 Å². The Bertz CT molecular complexity index is 618. The van der Waals surface area contributed by atoms with Gasteiger partial charge in [-0.3, -0.25) is 0 Å². The van der Waals surface area contributed by atoms with Crippen LogP contribution in [-0.2, 0) is 0 Å². The molecule has 0 bridgehead atoms. The molecule has 1 aromatic carbocycles. The van der Waals surface area contributed by atoms with Crippen LogP contribution in [0.2, 0.25) is 0 Å². The molecule has 1 aromatic rings. The lowest BCUT2D eigenvalue weighted by Crippen LogP contribution is -2.21. The second kappa shape index (κ2) is 6.13. The lowest BCUT2D eigenvalue weighted by Gasteiger charge is -2.16. The molecule has 0 fully saturated rings. The quantitative estimate of drug-likeness (QED) is 0.472. The summed E-state index contributed by atoms with van der Waals surface area (Å²) < 4.78 is 2.15. The molecule has 0 radical (unpaired) electrons. The number of benzene rings is 1. The molecule has 2 nitrogen and oxygen atoms in total. The maximum absolute atomic E-state index is 12.8. The molecule has 0 aliphatic carbocycles. The van der Waals surface area contributed by atoms with E-state index in [-0.39, 0.29) is 11.2 Å². The van der Waals surface area contributed by atoms with Gasteiger partial charge in [-0.1, -0.05) is 62.9 Å². The Balaban J connectivity index is 2.52. The van der Waals surface area contributed by atoms with E-state index in [2.05, 4.69) is 31.9 Å². The Morgan fingerprint density at radius 2 is 1.95 bits per heavy atom. The zero-order valence-corrected chi connectivity index (χ0v) is 13.1. The van der Waals surface area contributed by atoms with Crippen LogP contribution < -0.4 is 5.11 Å². The van der Waals surface area contributed by atoms with E-state index in [0.717, 1.165) is 24.2 Å². The largest absolute Gasteiger partial charge is 0.868 e. The molecule has 2 heteroatoms. The van der Waals surface area contributed by atoms with Crippen molar-refractivity contribution in [2.45, 2.75) is 27.2 Å². The minimum Gasteiger partial charge on any atom is -0.868 e. The molecule has 0 unspecified atom stereocenters. The van der Waals surface area contributed by atoms with Gasteiger partial charge in [0, 0.05) is 24.8 Å². The number of rotatable bonds is 4. The second-order valence-electron chi connectivity index (χ2n) is 6.34. The SMILES string of the molecule is C=C/C=C/C(=C(/[O-])c1ccccc1)[N+]1=C(C)CC(C)(C)C1. The van der Waals surface area contributed by atoms with E-state index in [0.29, 0.717) is 0 Å². The third kappa shape index (κ3) is 3.52. The van der Waals surface area contributed by atoms with E-state index in [1.54, 1.807) is 6.08 Å². The molecule has 1 heterocycles. The molecule has 0 N–H and O–H groups in total. The minimum absolute atomic E-state index is 0.0609. The van der Waals surface area contributed by atoms with Crippen LogP contribution in [0.3, 0.4) is 0 Å². The zero-order chi connectivity index (χ0) is 15.5. The highest BCUT2D eigenvalue weighted by Crippen LogP contribution is 2.30. The number of hydrogen-bond acceptors (Lipinski definition) is 1. The highest BCUT2D eigenvalue weighted by atomic mass is 16.3. The first kappa shape index (κ1) is 15.3. The molecule has 0 spiro atoms. The van der Waals surface area contributed by atoms with E-state index in [1.807, 2.05) is 42.5 Å². The molecule has 1 aliphatic heterocycles. The van der Waals surface area contributed by atoms with E-state index < -0.39 is 0 Å². The summed E-state index contributed by atoms with van der Waals surface area (Å²) in [4.78, 5) is 0. The highest BCUT2D eigenvalue weighted by Gasteiger charge is 2.36. The first-order chi connectivity index (χ1) is 9.94. The Morgan fingerprint density at radius 3 is 2.48 bits per heavy atom. The summed E-state index contributed by atoms with van der Waals surface area (Å²) >= 11 is 0. The van der Waals surface area contributed by atoms with Crippen molar-refractivity contribution < 1.29 is 9.68 Å². The van der Waals surface area contributed by atoms with Gasteiger partial charge in [-0.15, -0.1) is 0 Å². The summed E-state index contributed by atoms with van der Waals surface area (Å²) in [5.41, 5.74) is 2.89. The number of nitrogens with zero attached hydrogens (tertiary/aromatic N) is 1. The topological polar surface area (TPSA) is 26.1 Å². The van der Waals surface area contributed by atoms with Crippen LogP contribution in [0.1, 0.15) is 32.8 Å². The predicted octanol–water partition coefficient (Wildman–Crippen LogP) is 3.36. The average Bonchev–Trinajstić information content (AvgIpc) is 2.73. The Kier molecular flexibility index (Phi) is 4.46. The summed E-state index contributed by atoms with van der Waals surface area (Å²) in [7, 11) is 0. The standard InChI is InChI=1S/C19H23NO/c1-5-6-12-17(18(21)16-10-8-7-9-11-16)20-14-19(3,4)13-15(20)2/h5-12H,1,13-14H2,2-4H3/b12-6+,18-17-. The Hall–Kier alpha value is -2.09. The third-order valence-electron chi connectivity index (χ3n) is 3.73. The summed E-state index contributed by atoms with van der Waals surface area (Å²) in [6.45, 7) is 11.1. The molecule has 0 atom stereocenters. The normalized spacial score (nSPS) is 19.0. The fourth-order valence-electron chi connectivity index (χ4n) is 2.88. The van der Waals surface area contributed by atoms with E-state index in [4.69, 9.17) is 0 Å². The van der Waals surface area contributed by atoms with Gasteiger partial charge in [0.05, 0.1) is 0 Å². The van der Waals surface area contributed by atoms with Gasteiger partial charge in [0.25, 0.3) is 0 Å². The number of allylic oxidation sites excluding steroid dienone is 3. The molecule has 0 saturated heterocycles. The molecule has 0 amide bonds. The second-order valence-corrected chi connectivity index (χ2v) is 6.34. The maximum atomic E-state index is 12.8. The van der Waals surface area contributed by atoms with Crippen LogP contribution in [0.15, 0.2) is 60.8 Å². The van der Waals surface area contributed by atoms with Crippen molar-refractivity contribution in [2.75, 3.05) is 6.54 Å². The van der Waals surface area contributed by atoms with Gasteiger partial charge in [0.2, 0.25) is 0 Å². The lowest BCUT2D eigenvalue weighted by molar-refractivity contribution is -0.479. The average molecular weight is 281 g/mol. The van der Waals surface area contributed by atoms with Crippen LogP contribution in [0.4, 0.5) is 0 Å². The Morgan fingerprint density at radius 1 is 1.29 bits per heavy atom. The van der Waals surface area contributed by atoms with Crippen molar-refractivity contribution in [1.29, 1.82) is 0 Å². The molecule has 2 rings (SSSR count). The van der Waals surface area contributed by atoms with Crippen molar-refractivity contribution in [3.8, 4) is 0 Å². The van der Waals surface area contributed by atoms with Gasteiger partial charge in [-0.2, -0.15) is 0 Å². The predicted molar refractivity (Wildman–Crippen MR) is 86.9 cm³/mol. The monoisotopic (exact) mass is 281 g/mol. The molecular formula is C19H23NO. The van der Waals surface area contributed by atoms with Gasteiger partial charge >= 0.3 is 0 Å². The molecule has 0 aromatic heterocycles. The Labute approximate surface area is 127 Å². The van der Waals surface area contributed by atoms with Crippen molar-refractivity contribution in [1.82, 2.24) is 0 Å².